The van der Waals surface area contributed by atoms with Gasteiger partial charge in [0.2, 0.25) is 0 Å². The van der Waals surface area contributed by atoms with Crippen LogP contribution in [0.1, 0.15) is 0 Å². The highest BCUT2D eigenvalue weighted by Crippen LogP contribution is 2.50. The molecule has 59 heavy (non-hydrogen) atoms. The van der Waals surface area contributed by atoms with Gasteiger partial charge in [-0.25, -0.2) is 9.83 Å². The lowest BCUT2D eigenvalue weighted by atomic mass is 9.81. The maximum Gasteiger partial charge on any atom is 0.188 e. The molecule has 0 bridgehead atoms. The number of hydrogen-bond donors (Lipinski definition) is 0. The van der Waals surface area contributed by atoms with E-state index >= 15 is 0 Å². The van der Waals surface area contributed by atoms with Crippen molar-refractivity contribution in [3.8, 4) is 39.2 Å². The van der Waals surface area contributed by atoms with Crippen molar-refractivity contribution in [2.75, 3.05) is 0 Å². The molecule has 0 spiro atoms. The summed E-state index contributed by atoms with van der Waals surface area (Å²) in [6.45, 7) is 7.90. The molecule has 0 aliphatic rings. The van der Waals surface area contributed by atoms with Gasteiger partial charge in [-0.3, -0.25) is 9.55 Å². The van der Waals surface area contributed by atoms with Crippen LogP contribution in [0.2, 0.25) is 0 Å². The summed E-state index contributed by atoms with van der Waals surface area (Å²) >= 11 is 0. The van der Waals surface area contributed by atoms with Crippen LogP contribution in [0.15, 0.2) is 194 Å². The molecular weight excluding hydrogens is 717 g/mol. The number of hydrogen-bond acceptors (Lipinski definition) is 2. The fraction of sp³-hybridized carbons (Fsp3) is 0. The number of rotatable bonds is 4. The van der Waals surface area contributed by atoms with Gasteiger partial charge >= 0.3 is 0 Å². The van der Waals surface area contributed by atoms with Gasteiger partial charge in [0.1, 0.15) is 5.82 Å². The van der Waals surface area contributed by atoms with Crippen LogP contribution in [-0.2, 0) is 0 Å². The lowest BCUT2D eigenvalue weighted by molar-refractivity contribution is 1.10. The summed E-state index contributed by atoms with van der Waals surface area (Å²) in [5.41, 5.74) is 10.7. The van der Waals surface area contributed by atoms with Gasteiger partial charge in [-0.05, 0) is 125 Å². The summed E-state index contributed by atoms with van der Waals surface area (Å²) in [5.74, 6) is 0.848. The molecular formula is C55H32N4. The quantitative estimate of drug-likeness (QED) is 0.133. The van der Waals surface area contributed by atoms with Gasteiger partial charge in [0, 0.05) is 28.7 Å². The second kappa shape index (κ2) is 13.0. The normalized spacial score (nSPS) is 11.7. The summed E-state index contributed by atoms with van der Waals surface area (Å²) in [5, 5.41) is 12.8. The van der Waals surface area contributed by atoms with E-state index < -0.39 is 0 Å². The third-order valence-electron chi connectivity index (χ3n) is 12.0. The highest BCUT2D eigenvalue weighted by atomic mass is 15.1. The zero-order valence-electron chi connectivity index (χ0n) is 31.8. The van der Waals surface area contributed by atoms with Crippen LogP contribution in [0.3, 0.4) is 0 Å². The average molecular weight is 749 g/mol. The van der Waals surface area contributed by atoms with Crippen molar-refractivity contribution < 1.29 is 0 Å². The largest absolute Gasteiger partial charge is 0.294 e. The minimum absolute atomic E-state index is 0.614. The third-order valence-corrected chi connectivity index (χ3v) is 12.0. The van der Waals surface area contributed by atoms with Crippen LogP contribution >= 0.6 is 0 Å². The molecule has 0 saturated carbocycles. The Morgan fingerprint density at radius 2 is 0.915 bits per heavy atom. The fourth-order valence-corrected chi connectivity index (χ4v) is 9.59. The molecule has 272 valence electrons. The van der Waals surface area contributed by atoms with E-state index in [1.807, 2.05) is 42.7 Å². The van der Waals surface area contributed by atoms with Crippen molar-refractivity contribution in [1.82, 2.24) is 14.5 Å². The van der Waals surface area contributed by atoms with E-state index in [1.54, 1.807) is 0 Å². The van der Waals surface area contributed by atoms with Gasteiger partial charge in [0.15, 0.2) is 5.69 Å². The van der Waals surface area contributed by atoms with Crippen molar-refractivity contribution in [1.29, 1.82) is 0 Å². The van der Waals surface area contributed by atoms with Crippen molar-refractivity contribution >= 4 is 81.5 Å². The first-order valence-corrected chi connectivity index (χ1v) is 19.8. The molecule has 3 heterocycles. The molecule has 12 rings (SSSR count). The van der Waals surface area contributed by atoms with Crippen LogP contribution in [0.4, 0.5) is 5.69 Å². The van der Waals surface area contributed by atoms with E-state index in [-0.39, 0.29) is 0 Å². The standard InChI is InChI=1S/C55H32N4/c1-56-37-26-28-50-47(32-37)46-31-35(24-27-49(46)59(50)51-29-25-34-13-2-11-23-48(34)58-51)52-38-15-3-7-19-42(38)54(43-20-8-4-16-39(43)52)55-44-21-9-5-17-40(44)53(36-14-12-30-57-33-36)41-18-6-10-22-45(41)55/h2-33H. The first kappa shape index (κ1) is 33.1. The Balaban J connectivity index is 1.17. The summed E-state index contributed by atoms with van der Waals surface area (Å²) in [6.07, 6.45) is 3.81. The molecule has 9 aromatic carbocycles. The van der Waals surface area contributed by atoms with Crippen LogP contribution in [0, 0.1) is 6.57 Å². The van der Waals surface area contributed by atoms with Crippen LogP contribution in [0.5, 0.6) is 0 Å². The molecule has 0 aliphatic heterocycles. The lowest BCUT2D eigenvalue weighted by Gasteiger charge is -2.22. The van der Waals surface area contributed by atoms with E-state index in [1.165, 1.54) is 65.3 Å². The molecule has 12 aromatic rings. The molecule has 0 atom stereocenters. The minimum Gasteiger partial charge on any atom is -0.294 e. The number of aromatic nitrogens is 3. The molecule has 0 amide bonds. The number of benzene rings is 9. The molecule has 0 radical (unpaired) electrons. The van der Waals surface area contributed by atoms with Crippen molar-refractivity contribution in [2.24, 2.45) is 0 Å². The Hall–Kier alpha value is -8.13. The average Bonchev–Trinajstić information content (AvgIpc) is 3.63. The van der Waals surface area contributed by atoms with Gasteiger partial charge in [-0.1, -0.05) is 133 Å². The Morgan fingerprint density at radius 1 is 0.407 bits per heavy atom. The highest BCUT2D eigenvalue weighted by molar-refractivity contribution is 6.30. The van der Waals surface area contributed by atoms with Gasteiger partial charge in [-0.2, -0.15) is 0 Å². The van der Waals surface area contributed by atoms with Crippen LogP contribution < -0.4 is 0 Å². The number of fused-ring (bicyclic) bond motifs is 8. The summed E-state index contributed by atoms with van der Waals surface area (Å²) in [7, 11) is 0. The van der Waals surface area contributed by atoms with Crippen LogP contribution in [0.25, 0.3) is 120 Å². The molecule has 0 aliphatic carbocycles. The predicted molar refractivity (Wildman–Crippen MR) is 246 cm³/mol. The Kier molecular flexibility index (Phi) is 7.26. The van der Waals surface area contributed by atoms with E-state index in [0.29, 0.717) is 5.69 Å². The second-order valence-corrected chi connectivity index (χ2v) is 15.2. The highest BCUT2D eigenvalue weighted by Gasteiger charge is 2.23. The maximum atomic E-state index is 7.90. The molecule has 3 aromatic heterocycles. The first-order chi connectivity index (χ1) is 29.2. The second-order valence-electron chi connectivity index (χ2n) is 15.2. The predicted octanol–water partition coefficient (Wildman–Crippen LogP) is 14.9. The van der Waals surface area contributed by atoms with Gasteiger partial charge in [0.05, 0.1) is 23.1 Å². The number of nitrogens with zero attached hydrogens (tertiary/aromatic N) is 4. The van der Waals surface area contributed by atoms with Gasteiger partial charge in [-0.15, -0.1) is 0 Å². The molecule has 0 unspecified atom stereocenters. The molecule has 0 saturated heterocycles. The Bertz CT molecular complexity index is 3630. The first-order valence-electron chi connectivity index (χ1n) is 19.8. The van der Waals surface area contributed by atoms with E-state index in [4.69, 9.17) is 11.6 Å². The maximum absolute atomic E-state index is 7.90. The smallest absolute Gasteiger partial charge is 0.188 e. The zero-order chi connectivity index (χ0) is 39.0. The van der Waals surface area contributed by atoms with Crippen molar-refractivity contribution in [3.05, 3.63) is 206 Å². The molecule has 0 N–H and O–H groups in total. The summed E-state index contributed by atoms with van der Waals surface area (Å²) < 4.78 is 2.24. The topological polar surface area (TPSA) is 35.1 Å². The monoisotopic (exact) mass is 748 g/mol. The van der Waals surface area contributed by atoms with E-state index in [2.05, 4.69) is 166 Å². The van der Waals surface area contributed by atoms with Gasteiger partial charge in [0.25, 0.3) is 0 Å². The minimum atomic E-state index is 0.614. The number of para-hydroxylation sites is 1. The zero-order valence-corrected chi connectivity index (χ0v) is 31.8. The van der Waals surface area contributed by atoms with E-state index in [9.17, 15) is 0 Å². The molecule has 0 fully saturated rings. The number of pyridine rings is 2. The van der Waals surface area contributed by atoms with Crippen molar-refractivity contribution in [3.63, 3.8) is 0 Å². The van der Waals surface area contributed by atoms with Gasteiger partial charge < -0.3 is 0 Å². The summed E-state index contributed by atoms with van der Waals surface area (Å²) in [6, 6.07) is 64.9. The third kappa shape index (κ3) is 4.95. The van der Waals surface area contributed by atoms with Crippen molar-refractivity contribution in [2.45, 2.75) is 0 Å². The SMILES string of the molecule is [C-]#[N+]c1ccc2c(c1)c1cc(-c3c4ccccc4c(-c4c5ccccc5c(-c5cccnc5)c5ccccc45)c4ccccc34)ccc1n2-c1ccc2ccccc2n1. The van der Waals surface area contributed by atoms with E-state index in [0.717, 1.165) is 49.7 Å². The fourth-order valence-electron chi connectivity index (χ4n) is 9.59. The Labute approximate surface area is 339 Å². The molecule has 4 heteroatoms. The van der Waals surface area contributed by atoms with Crippen LogP contribution in [-0.4, -0.2) is 14.5 Å². The lowest BCUT2D eigenvalue weighted by Crippen LogP contribution is -1.97. The molecule has 4 nitrogen and oxygen atoms in total. The Morgan fingerprint density at radius 3 is 1.47 bits per heavy atom. The summed E-state index contributed by atoms with van der Waals surface area (Å²) in [4.78, 5) is 13.5.